The zero-order valence-electron chi connectivity index (χ0n) is 19.8. The Hall–Kier alpha value is -3.06. The number of nitrogens with zero attached hydrogens (tertiary/aromatic N) is 2. The molecule has 1 aromatic carbocycles. The number of aromatic nitrogens is 2. The molecule has 0 saturated heterocycles. The largest absolute Gasteiger partial charge is 0.512 e. The van der Waals surface area contributed by atoms with E-state index in [1.165, 1.54) is 0 Å². The summed E-state index contributed by atoms with van der Waals surface area (Å²) < 4.78 is 29.5. The number of alkyl halides is 2. The summed E-state index contributed by atoms with van der Waals surface area (Å²) in [4.78, 5) is 4.71. The third-order valence-electron chi connectivity index (χ3n) is 6.86. The molecule has 7 heteroatoms. The van der Waals surface area contributed by atoms with Crippen molar-refractivity contribution in [2.24, 2.45) is 5.92 Å². The molecule has 0 radical (unpaired) electrons. The maximum absolute atomic E-state index is 13.7. The van der Waals surface area contributed by atoms with Gasteiger partial charge in [0.15, 0.2) is 0 Å². The summed E-state index contributed by atoms with van der Waals surface area (Å²) in [6, 6.07) is 7.83. The number of aliphatic hydroxyl groups is 2. The molecule has 0 aliphatic heterocycles. The lowest BCUT2D eigenvalue weighted by atomic mass is 9.87. The van der Waals surface area contributed by atoms with Crippen LogP contribution in [-0.4, -0.2) is 31.4 Å². The second-order valence-corrected chi connectivity index (χ2v) is 9.47. The molecule has 0 unspecified atom stereocenters. The van der Waals surface area contributed by atoms with E-state index in [9.17, 15) is 19.0 Å². The number of nitrogens with one attached hydrogen (secondary N) is 1. The number of pyridine rings is 1. The van der Waals surface area contributed by atoms with E-state index in [-0.39, 0.29) is 36.8 Å². The maximum Gasteiger partial charge on any atom is 0.248 e. The molecule has 2 aromatic heterocycles. The topological polar surface area (TPSA) is 82.1 Å². The molecule has 0 atom stereocenters. The molecule has 180 valence electrons. The second-order valence-electron chi connectivity index (χ2n) is 9.47. The first-order valence-corrected chi connectivity index (χ1v) is 11.6. The minimum absolute atomic E-state index is 0.0487. The minimum atomic E-state index is -2.57. The normalized spacial score (nSPS) is 17.1. The third-order valence-corrected chi connectivity index (χ3v) is 6.86. The number of fused-ring (bicyclic) bond motifs is 1. The van der Waals surface area contributed by atoms with E-state index in [2.05, 4.69) is 4.57 Å². The van der Waals surface area contributed by atoms with Crippen molar-refractivity contribution >= 4 is 22.3 Å². The molecule has 34 heavy (non-hydrogen) atoms. The maximum atomic E-state index is 13.7. The molecule has 1 aliphatic rings. The predicted octanol–water partition coefficient (Wildman–Crippen LogP) is 6.66. The van der Waals surface area contributed by atoms with Crippen LogP contribution in [-0.2, 0) is 13.2 Å². The van der Waals surface area contributed by atoms with Crippen LogP contribution in [0.2, 0.25) is 0 Å². The van der Waals surface area contributed by atoms with Gasteiger partial charge in [-0.2, -0.15) is 0 Å². The Morgan fingerprint density at radius 2 is 1.91 bits per heavy atom. The first-order valence-electron chi connectivity index (χ1n) is 11.6. The first kappa shape index (κ1) is 24.1. The van der Waals surface area contributed by atoms with Gasteiger partial charge in [0.05, 0.1) is 23.4 Å². The van der Waals surface area contributed by atoms with Gasteiger partial charge in [-0.15, -0.1) is 0 Å². The van der Waals surface area contributed by atoms with E-state index < -0.39 is 5.92 Å². The van der Waals surface area contributed by atoms with Crippen molar-refractivity contribution in [3.05, 3.63) is 59.1 Å². The zero-order valence-corrected chi connectivity index (χ0v) is 19.8. The van der Waals surface area contributed by atoms with E-state index in [4.69, 9.17) is 10.4 Å². The fourth-order valence-electron chi connectivity index (χ4n) is 4.93. The molecule has 2 heterocycles. The quantitative estimate of drug-likeness (QED) is 0.280. The fourth-order valence-corrected chi connectivity index (χ4v) is 4.93. The summed E-state index contributed by atoms with van der Waals surface area (Å²) in [6.45, 7) is 5.65. The van der Waals surface area contributed by atoms with Gasteiger partial charge in [-0.3, -0.25) is 4.98 Å². The Kier molecular flexibility index (Phi) is 6.58. The SMILES string of the molecule is CC(=N)/C(=C(/C)O)c1cnc2c(-c3ccc(C)c(CO)c3)cn(CC3CCC(F)(F)CC3)c2c1. The van der Waals surface area contributed by atoms with Crippen molar-refractivity contribution in [1.82, 2.24) is 9.55 Å². The number of rotatable bonds is 6. The summed E-state index contributed by atoms with van der Waals surface area (Å²) in [5, 5.41) is 28.0. The summed E-state index contributed by atoms with van der Waals surface area (Å²) >= 11 is 0. The highest BCUT2D eigenvalue weighted by atomic mass is 19.3. The summed E-state index contributed by atoms with van der Waals surface area (Å²) in [5.74, 6) is -2.39. The lowest BCUT2D eigenvalue weighted by Gasteiger charge is -2.28. The predicted molar refractivity (Wildman–Crippen MR) is 131 cm³/mol. The van der Waals surface area contributed by atoms with Gasteiger partial charge in [0.2, 0.25) is 5.92 Å². The number of aryl methyl sites for hydroxylation is 1. The van der Waals surface area contributed by atoms with Gasteiger partial charge >= 0.3 is 0 Å². The van der Waals surface area contributed by atoms with Crippen molar-refractivity contribution < 1.29 is 19.0 Å². The number of aliphatic hydroxyl groups excluding tert-OH is 2. The lowest BCUT2D eigenvalue weighted by molar-refractivity contribution is -0.0472. The Bertz CT molecular complexity index is 1260. The van der Waals surface area contributed by atoms with Gasteiger partial charge in [0.25, 0.3) is 0 Å². The highest BCUT2D eigenvalue weighted by Gasteiger charge is 2.35. The van der Waals surface area contributed by atoms with Gasteiger partial charge in [-0.1, -0.05) is 12.1 Å². The smallest absolute Gasteiger partial charge is 0.248 e. The van der Waals surface area contributed by atoms with E-state index in [1.54, 1.807) is 20.0 Å². The van der Waals surface area contributed by atoms with Crippen LogP contribution < -0.4 is 0 Å². The summed E-state index contributed by atoms with van der Waals surface area (Å²) in [5.41, 5.74) is 6.56. The van der Waals surface area contributed by atoms with E-state index in [1.807, 2.05) is 37.4 Å². The average molecular weight is 468 g/mol. The van der Waals surface area contributed by atoms with Crippen molar-refractivity contribution in [1.29, 1.82) is 5.41 Å². The summed E-state index contributed by atoms with van der Waals surface area (Å²) in [7, 11) is 0. The highest BCUT2D eigenvalue weighted by Crippen LogP contribution is 2.38. The number of hydrogen-bond acceptors (Lipinski definition) is 4. The zero-order chi connectivity index (χ0) is 24.6. The second kappa shape index (κ2) is 9.29. The molecule has 4 rings (SSSR count). The van der Waals surface area contributed by atoms with Crippen molar-refractivity contribution in [3.8, 4) is 11.1 Å². The van der Waals surface area contributed by atoms with Gasteiger partial charge < -0.3 is 20.2 Å². The fraction of sp³-hybridized carbons (Fsp3) is 0.407. The van der Waals surface area contributed by atoms with Crippen LogP contribution in [0.3, 0.4) is 0 Å². The molecule has 1 fully saturated rings. The Morgan fingerprint density at radius 1 is 1.21 bits per heavy atom. The van der Waals surface area contributed by atoms with Crippen molar-refractivity contribution in [2.45, 2.75) is 65.5 Å². The minimum Gasteiger partial charge on any atom is -0.512 e. The van der Waals surface area contributed by atoms with Gasteiger partial charge in [-0.05, 0) is 68.4 Å². The Balaban J connectivity index is 1.84. The number of allylic oxidation sites excluding steroid dienone is 2. The van der Waals surface area contributed by atoms with Crippen molar-refractivity contribution in [3.63, 3.8) is 0 Å². The van der Waals surface area contributed by atoms with Gasteiger partial charge in [-0.25, -0.2) is 8.78 Å². The molecule has 0 spiro atoms. The molecular formula is C27H31F2N3O2. The molecular weight excluding hydrogens is 436 g/mol. The van der Waals surface area contributed by atoms with Gasteiger partial charge in [0.1, 0.15) is 0 Å². The van der Waals surface area contributed by atoms with E-state index >= 15 is 0 Å². The van der Waals surface area contributed by atoms with Crippen LogP contribution >= 0.6 is 0 Å². The first-order chi connectivity index (χ1) is 16.1. The molecule has 3 aromatic rings. The third kappa shape index (κ3) is 4.75. The monoisotopic (exact) mass is 467 g/mol. The average Bonchev–Trinajstić information content (AvgIpc) is 3.13. The molecule has 0 bridgehead atoms. The molecule has 1 saturated carbocycles. The summed E-state index contributed by atoms with van der Waals surface area (Å²) in [6.07, 6.45) is 4.42. The standard InChI is InChI=1S/C27H31F2N3O2/c1-16-4-5-20(10-22(16)15-33)23-14-32(13-19-6-8-27(28,29)9-7-19)24-11-21(12-31-26(23)24)25(17(2)30)18(3)34/h4-5,10-12,14,19,30,33-34H,6-9,13,15H2,1-3H3/b25-18+,30-17?. The van der Waals surface area contributed by atoms with Crippen LogP contribution in [0.4, 0.5) is 8.78 Å². The Morgan fingerprint density at radius 3 is 2.53 bits per heavy atom. The van der Waals surface area contributed by atoms with E-state index in [0.29, 0.717) is 30.5 Å². The number of hydrogen-bond donors (Lipinski definition) is 3. The molecule has 5 nitrogen and oxygen atoms in total. The van der Waals surface area contributed by atoms with Crippen LogP contribution in [0.25, 0.3) is 27.7 Å². The Labute approximate surface area is 198 Å². The van der Waals surface area contributed by atoms with Gasteiger partial charge in [0, 0.05) is 54.2 Å². The molecule has 0 amide bonds. The van der Waals surface area contributed by atoms with Crippen LogP contribution in [0.1, 0.15) is 56.2 Å². The van der Waals surface area contributed by atoms with Crippen molar-refractivity contribution in [2.75, 3.05) is 0 Å². The highest BCUT2D eigenvalue weighted by molar-refractivity contribution is 6.22. The molecule has 3 N–H and O–H groups in total. The van der Waals surface area contributed by atoms with Crippen LogP contribution in [0.5, 0.6) is 0 Å². The van der Waals surface area contributed by atoms with Crippen LogP contribution in [0.15, 0.2) is 42.4 Å². The van der Waals surface area contributed by atoms with Crippen LogP contribution in [0, 0.1) is 18.3 Å². The van der Waals surface area contributed by atoms with E-state index in [0.717, 1.165) is 33.3 Å². The number of halogens is 2. The number of benzene rings is 1. The lowest BCUT2D eigenvalue weighted by Crippen LogP contribution is -2.26. The molecule has 1 aliphatic carbocycles.